The molecule has 0 aromatic carbocycles. The highest BCUT2D eigenvalue weighted by molar-refractivity contribution is 14.0. The zero-order valence-electron chi connectivity index (χ0n) is 17.0. The summed E-state index contributed by atoms with van der Waals surface area (Å²) in [6.07, 6.45) is 3.76. The monoisotopic (exact) mass is 500 g/mol. The first kappa shape index (κ1) is 23.9. The fraction of sp³-hybridized carbons (Fsp3) is 0.944. The molecule has 0 spiro atoms. The highest BCUT2D eigenvalue weighted by Gasteiger charge is 2.41. The third-order valence-electron chi connectivity index (χ3n) is 5.45. The van der Waals surface area contributed by atoms with E-state index < -0.39 is 14.6 Å². The van der Waals surface area contributed by atoms with Gasteiger partial charge in [-0.15, -0.1) is 24.0 Å². The number of nitrogens with one attached hydrogen (secondary N) is 1. The number of aliphatic imine (C=N–C) groups is 1. The SMILES string of the molecule is CN=C(NCC(CC(C)C)N1CCCC1)N1CCS(=O)(=O)C(C)(C)C1.I. The van der Waals surface area contributed by atoms with Crippen molar-refractivity contribution in [2.45, 2.75) is 57.7 Å². The minimum atomic E-state index is -3.03. The highest BCUT2D eigenvalue weighted by atomic mass is 127. The van der Waals surface area contributed by atoms with Crippen molar-refractivity contribution in [3.63, 3.8) is 0 Å². The van der Waals surface area contributed by atoms with Crippen molar-refractivity contribution >= 4 is 39.8 Å². The summed E-state index contributed by atoms with van der Waals surface area (Å²) < 4.78 is 23.7. The van der Waals surface area contributed by atoms with E-state index in [1.165, 1.54) is 32.4 Å². The maximum atomic E-state index is 12.2. The van der Waals surface area contributed by atoms with Crippen LogP contribution in [0.15, 0.2) is 4.99 Å². The van der Waals surface area contributed by atoms with Gasteiger partial charge in [0.1, 0.15) is 0 Å². The Morgan fingerprint density at radius 1 is 1.19 bits per heavy atom. The predicted octanol–water partition coefficient (Wildman–Crippen LogP) is 2.20. The van der Waals surface area contributed by atoms with Crippen molar-refractivity contribution in [3.8, 4) is 0 Å². The Bertz CT molecular complexity index is 572. The van der Waals surface area contributed by atoms with Crippen LogP contribution in [-0.2, 0) is 9.84 Å². The minimum absolute atomic E-state index is 0. The normalized spacial score (nSPS) is 24.4. The van der Waals surface area contributed by atoms with E-state index in [2.05, 4.69) is 34.0 Å². The van der Waals surface area contributed by atoms with E-state index in [1.807, 2.05) is 13.8 Å². The molecule has 2 rings (SSSR count). The van der Waals surface area contributed by atoms with Gasteiger partial charge in [0, 0.05) is 32.7 Å². The van der Waals surface area contributed by atoms with Gasteiger partial charge in [0.25, 0.3) is 0 Å². The Kier molecular flexibility index (Phi) is 9.13. The van der Waals surface area contributed by atoms with E-state index in [0.717, 1.165) is 12.5 Å². The Morgan fingerprint density at radius 2 is 1.81 bits per heavy atom. The molecule has 2 fully saturated rings. The second kappa shape index (κ2) is 9.91. The van der Waals surface area contributed by atoms with Crippen molar-refractivity contribution in [1.82, 2.24) is 15.1 Å². The number of hydrogen-bond acceptors (Lipinski definition) is 4. The van der Waals surface area contributed by atoms with Gasteiger partial charge < -0.3 is 10.2 Å². The number of halogens is 1. The molecule has 8 heteroatoms. The summed E-state index contributed by atoms with van der Waals surface area (Å²) in [5.41, 5.74) is 0. The molecule has 1 unspecified atom stereocenters. The summed E-state index contributed by atoms with van der Waals surface area (Å²) >= 11 is 0. The second-order valence-corrected chi connectivity index (χ2v) is 11.2. The molecule has 0 bridgehead atoms. The molecule has 0 saturated carbocycles. The topological polar surface area (TPSA) is 65.0 Å². The Labute approximate surface area is 177 Å². The maximum Gasteiger partial charge on any atom is 0.193 e. The predicted molar refractivity (Wildman–Crippen MR) is 120 cm³/mol. The summed E-state index contributed by atoms with van der Waals surface area (Å²) in [6.45, 7) is 12.4. The largest absolute Gasteiger partial charge is 0.355 e. The van der Waals surface area contributed by atoms with Crippen LogP contribution in [0.2, 0.25) is 0 Å². The number of rotatable bonds is 5. The molecule has 2 aliphatic heterocycles. The molecule has 154 valence electrons. The molecule has 0 amide bonds. The van der Waals surface area contributed by atoms with E-state index in [9.17, 15) is 8.42 Å². The van der Waals surface area contributed by atoms with Gasteiger partial charge in [0.05, 0.1) is 10.5 Å². The Balaban J connectivity index is 0.00000338. The van der Waals surface area contributed by atoms with Crippen LogP contribution in [0.4, 0.5) is 0 Å². The van der Waals surface area contributed by atoms with E-state index in [-0.39, 0.29) is 29.7 Å². The van der Waals surface area contributed by atoms with Gasteiger partial charge in [-0.1, -0.05) is 13.8 Å². The van der Waals surface area contributed by atoms with Gasteiger partial charge in [-0.3, -0.25) is 9.89 Å². The molecule has 0 aromatic heterocycles. The van der Waals surface area contributed by atoms with Crippen LogP contribution < -0.4 is 5.32 Å². The van der Waals surface area contributed by atoms with Crippen molar-refractivity contribution < 1.29 is 8.42 Å². The van der Waals surface area contributed by atoms with E-state index in [4.69, 9.17) is 0 Å². The first-order valence-electron chi connectivity index (χ1n) is 9.58. The average Bonchev–Trinajstić information content (AvgIpc) is 3.04. The van der Waals surface area contributed by atoms with Crippen LogP contribution in [0.1, 0.15) is 47.0 Å². The number of likely N-dealkylation sites (tertiary alicyclic amines) is 1. The summed E-state index contributed by atoms with van der Waals surface area (Å²) in [6, 6.07) is 0.515. The van der Waals surface area contributed by atoms with Gasteiger partial charge >= 0.3 is 0 Å². The first-order chi connectivity index (χ1) is 11.7. The zero-order chi connectivity index (χ0) is 18.7. The third-order valence-corrected chi connectivity index (χ3v) is 7.98. The standard InChI is InChI=1S/C18H36N4O2S.HI/c1-15(2)12-16(21-8-6-7-9-21)13-20-17(19-5)22-10-11-25(23,24)18(3,4)14-22;/h15-16H,6-14H2,1-5H3,(H,19,20);1H. The van der Waals surface area contributed by atoms with Crippen LogP contribution in [0.5, 0.6) is 0 Å². The quantitative estimate of drug-likeness (QED) is 0.356. The lowest BCUT2D eigenvalue weighted by Crippen LogP contribution is -2.58. The summed E-state index contributed by atoms with van der Waals surface area (Å²) in [5, 5.41) is 3.53. The molecular weight excluding hydrogens is 463 g/mol. The number of guanidine groups is 1. The van der Waals surface area contributed by atoms with Crippen LogP contribution in [0.3, 0.4) is 0 Å². The van der Waals surface area contributed by atoms with Crippen molar-refractivity contribution in [2.75, 3.05) is 45.5 Å². The van der Waals surface area contributed by atoms with E-state index >= 15 is 0 Å². The van der Waals surface area contributed by atoms with Gasteiger partial charge in [-0.2, -0.15) is 0 Å². The fourth-order valence-corrected chi connectivity index (χ4v) is 5.24. The summed E-state index contributed by atoms with van der Waals surface area (Å²) in [7, 11) is -1.25. The van der Waals surface area contributed by atoms with Crippen molar-refractivity contribution in [2.24, 2.45) is 10.9 Å². The molecule has 0 aliphatic carbocycles. The zero-order valence-corrected chi connectivity index (χ0v) is 20.1. The van der Waals surface area contributed by atoms with Crippen LogP contribution in [0, 0.1) is 5.92 Å². The molecule has 0 radical (unpaired) electrons. The molecule has 1 N–H and O–H groups in total. The van der Waals surface area contributed by atoms with Crippen LogP contribution in [-0.4, -0.2) is 80.5 Å². The maximum absolute atomic E-state index is 12.2. The number of hydrogen-bond donors (Lipinski definition) is 1. The summed E-state index contributed by atoms with van der Waals surface area (Å²) in [5.74, 6) is 1.69. The number of sulfone groups is 1. The third kappa shape index (κ3) is 5.95. The Hall–Kier alpha value is -0.0900. The molecule has 2 heterocycles. The van der Waals surface area contributed by atoms with E-state index in [0.29, 0.717) is 25.0 Å². The Morgan fingerprint density at radius 3 is 2.31 bits per heavy atom. The van der Waals surface area contributed by atoms with Crippen molar-refractivity contribution in [3.05, 3.63) is 0 Å². The van der Waals surface area contributed by atoms with Gasteiger partial charge in [-0.25, -0.2) is 8.42 Å². The van der Waals surface area contributed by atoms with Gasteiger partial charge in [-0.05, 0) is 52.1 Å². The molecule has 26 heavy (non-hydrogen) atoms. The smallest absolute Gasteiger partial charge is 0.193 e. The molecule has 0 aromatic rings. The van der Waals surface area contributed by atoms with Crippen LogP contribution in [0.25, 0.3) is 0 Å². The lowest BCUT2D eigenvalue weighted by molar-refractivity contribution is 0.211. The molecule has 6 nitrogen and oxygen atoms in total. The minimum Gasteiger partial charge on any atom is -0.355 e. The van der Waals surface area contributed by atoms with Crippen molar-refractivity contribution in [1.29, 1.82) is 0 Å². The van der Waals surface area contributed by atoms with E-state index in [1.54, 1.807) is 7.05 Å². The second-order valence-electron chi connectivity index (χ2n) is 8.45. The van der Waals surface area contributed by atoms with Gasteiger partial charge in [0.15, 0.2) is 15.8 Å². The number of nitrogens with zero attached hydrogens (tertiary/aromatic N) is 3. The molecule has 1 atom stereocenters. The lowest BCUT2D eigenvalue weighted by Gasteiger charge is -2.40. The first-order valence-corrected chi connectivity index (χ1v) is 11.2. The molecular formula is C18H37IN4O2S. The summed E-state index contributed by atoms with van der Waals surface area (Å²) in [4.78, 5) is 9.10. The molecule has 2 aliphatic rings. The fourth-order valence-electron chi connectivity index (χ4n) is 3.88. The average molecular weight is 500 g/mol. The van der Waals surface area contributed by atoms with Gasteiger partial charge in [0.2, 0.25) is 0 Å². The van der Waals surface area contributed by atoms with Crippen LogP contribution >= 0.6 is 24.0 Å². The highest BCUT2D eigenvalue weighted by Crippen LogP contribution is 2.24. The lowest BCUT2D eigenvalue weighted by atomic mass is 10.0. The molecule has 2 saturated heterocycles.